The maximum atomic E-state index is 12.6. The highest BCUT2D eigenvalue weighted by atomic mass is 16.1. The lowest BCUT2D eigenvalue weighted by molar-refractivity contribution is 0.0943. The van der Waals surface area contributed by atoms with Crippen LogP contribution in [0.15, 0.2) is 24.7 Å². The fraction of sp³-hybridized carbons (Fsp3) is 0.455. The summed E-state index contributed by atoms with van der Waals surface area (Å²) in [6.07, 6.45) is 16.3. The van der Waals surface area contributed by atoms with Gasteiger partial charge < -0.3 is 16.0 Å². The van der Waals surface area contributed by atoms with Gasteiger partial charge in [0.05, 0.1) is 23.6 Å². The third-order valence-corrected chi connectivity index (χ3v) is 4.93. The van der Waals surface area contributed by atoms with Crippen molar-refractivity contribution < 1.29 is 4.79 Å². The third kappa shape index (κ3) is 5.92. The monoisotopic (exact) mass is 392 g/mol. The van der Waals surface area contributed by atoms with Crippen molar-refractivity contribution in [1.82, 2.24) is 20.3 Å². The number of pyridine rings is 1. The maximum absolute atomic E-state index is 12.6. The average molecular weight is 393 g/mol. The van der Waals surface area contributed by atoms with Gasteiger partial charge in [0, 0.05) is 24.8 Å². The summed E-state index contributed by atoms with van der Waals surface area (Å²) < 4.78 is 0. The molecule has 1 saturated carbocycles. The molecule has 0 radical (unpaired) electrons. The molecule has 0 spiro atoms. The Hall–Kier alpha value is -3.14. The van der Waals surface area contributed by atoms with E-state index in [0.29, 0.717) is 28.8 Å². The Morgan fingerprint density at radius 3 is 2.55 bits per heavy atom. The minimum Gasteiger partial charge on any atom is -0.384 e. The van der Waals surface area contributed by atoms with Crippen LogP contribution in [0.1, 0.15) is 62.0 Å². The molecule has 1 aliphatic carbocycles. The molecule has 3 N–H and O–H groups in total. The topological polar surface area (TPSA) is 91.8 Å². The van der Waals surface area contributed by atoms with Crippen molar-refractivity contribution in [2.75, 3.05) is 17.2 Å². The Balaban J connectivity index is 1.78. The van der Waals surface area contributed by atoms with Crippen LogP contribution in [-0.4, -0.2) is 33.4 Å². The number of nitrogens with one attached hydrogen (secondary N) is 3. The second kappa shape index (κ2) is 9.87. The van der Waals surface area contributed by atoms with Gasteiger partial charge in [-0.2, -0.15) is 0 Å². The molecule has 0 bridgehead atoms. The molecule has 0 aliphatic heterocycles. The summed E-state index contributed by atoms with van der Waals surface area (Å²) >= 11 is 0. The zero-order valence-electron chi connectivity index (χ0n) is 17.0. The number of hydrogen-bond acceptors (Lipinski definition) is 6. The molecule has 0 aromatic carbocycles. The molecule has 1 fully saturated rings. The molecular weight excluding hydrogens is 364 g/mol. The van der Waals surface area contributed by atoms with Crippen LogP contribution < -0.4 is 16.0 Å². The van der Waals surface area contributed by atoms with Gasteiger partial charge in [-0.3, -0.25) is 4.79 Å². The van der Waals surface area contributed by atoms with Gasteiger partial charge in [0.1, 0.15) is 17.3 Å². The van der Waals surface area contributed by atoms with Crippen LogP contribution in [0, 0.1) is 18.3 Å². The first-order chi connectivity index (χ1) is 14.0. The number of terminal acetylenes is 1. The van der Waals surface area contributed by atoms with E-state index in [-0.39, 0.29) is 11.9 Å². The van der Waals surface area contributed by atoms with Gasteiger partial charge in [-0.05, 0) is 38.5 Å². The predicted octanol–water partition coefficient (Wildman–Crippen LogP) is 3.73. The van der Waals surface area contributed by atoms with Crippen molar-refractivity contribution >= 4 is 23.2 Å². The second-order valence-corrected chi connectivity index (χ2v) is 7.68. The van der Waals surface area contributed by atoms with E-state index in [1.165, 1.54) is 38.3 Å². The molecule has 2 aromatic heterocycles. The fourth-order valence-electron chi connectivity index (χ4n) is 3.43. The predicted molar refractivity (Wildman–Crippen MR) is 115 cm³/mol. The molecule has 7 heteroatoms. The van der Waals surface area contributed by atoms with Gasteiger partial charge in [-0.1, -0.05) is 19.3 Å². The number of nitrogens with zero attached hydrogens (tertiary/aromatic N) is 3. The Morgan fingerprint density at radius 2 is 1.90 bits per heavy atom. The van der Waals surface area contributed by atoms with Crippen molar-refractivity contribution in [2.45, 2.75) is 52.0 Å². The van der Waals surface area contributed by atoms with Crippen LogP contribution in [0.4, 0.5) is 17.3 Å². The molecule has 152 valence electrons. The molecule has 2 heterocycles. The molecule has 3 rings (SSSR count). The lowest BCUT2D eigenvalue weighted by atomic mass is 9.89. The second-order valence-electron chi connectivity index (χ2n) is 7.68. The number of hydrogen-bond donors (Lipinski definition) is 3. The Kier molecular flexibility index (Phi) is 7.01. The minimum atomic E-state index is -0.136. The fourth-order valence-corrected chi connectivity index (χ4v) is 3.43. The number of anilines is 3. The van der Waals surface area contributed by atoms with Gasteiger partial charge in [-0.15, -0.1) is 6.42 Å². The van der Waals surface area contributed by atoms with Crippen LogP contribution in [0.3, 0.4) is 0 Å². The number of aromatic nitrogens is 3. The quantitative estimate of drug-likeness (QED) is 0.622. The molecule has 7 nitrogen and oxygen atoms in total. The maximum Gasteiger partial charge on any atom is 0.255 e. The molecule has 1 aliphatic rings. The lowest BCUT2D eigenvalue weighted by Crippen LogP contribution is -2.31. The number of rotatable bonds is 7. The highest BCUT2D eigenvalue weighted by Crippen LogP contribution is 2.26. The molecule has 29 heavy (non-hydrogen) atoms. The SMILES string of the molecule is C#Cc1cnc(Nc2cc(NCC3CCCCC3)c(C(=O)NC(C)C)cn2)cn1. The zero-order chi connectivity index (χ0) is 20.6. The minimum absolute atomic E-state index is 0.0523. The van der Waals surface area contributed by atoms with Gasteiger partial charge in [0.25, 0.3) is 5.91 Å². The molecule has 0 unspecified atom stereocenters. The molecule has 0 atom stereocenters. The Bertz CT molecular complexity index is 866. The number of carbonyl (C=O) groups excluding carboxylic acids is 1. The summed E-state index contributed by atoms with van der Waals surface area (Å²) in [5.41, 5.74) is 1.77. The van der Waals surface area contributed by atoms with Gasteiger partial charge >= 0.3 is 0 Å². The van der Waals surface area contributed by atoms with Crippen LogP contribution in [0.5, 0.6) is 0 Å². The van der Waals surface area contributed by atoms with Gasteiger partial charge in [-0.25, -0.2) is 15.0 Å². The zero-order valence-corrected chi connectivity index (χ0v) is 17.0. The first-order valence-corrected chi connectivity index (χ1v) is 10.2. The summed E-state index contributed by atoms with van der Waals surface area (Å²) in [6.45, 7) is 4.73. The number of amides is 1. The summed E-state index contributed by atoms with van der Waals surface area (Å²) in [4.78, 5) is 25.4. The average Bonchev–Trinajstić information content (AvgIpc) is 2.73. The lowest BCUT2D eigenvalue weighted by Gasteiger charge is -2.23. The van der Waals surface area contributed by atoms with E-state index in [9.17, 15) is 4.79 Å². The highest BCUT2D eigenvalue weighted by Gasteiger charge is 2.17. The van der Waals surface area contributed by atoms with E-state index in [2.05, 4.69) is 36.8 Å². The van der Waals surface area contributed by atoms with E-state index in [1.54, 1.807) is 12.4 Å². The van der Waals surface area contributed by atoms with Crippen LogP contribution in [-0.2, 0) is 0 Å². The van der Waals surface area contributed by atoms with Gasteiger partial charge in [0.2, 0.25) is 0 Å². The smallest absolute Gasteiger partial charge is 0.255 e. The molecular formula is C22H28N6O. The van der Waals surface area contributed by atoms with E-state index in [1.807, 2.05) is 19.9 Å². The standard InChI is InChI=1S/C22H28N6O/c1-4-17-12-25-21(14-23-17)28-20-10-19(24-11-16-8-6-5-7-9-16)18(13-26-20)22(29)27-15(2)3/h1,10,12-16H,5-9,11H2,2-3H3,(H,27,29)(H2,24,25,26,28). The largest absolute Gasteiger partial charge is 0.384 e. The van der Waals surface area contributed by atoms with Crippen LogP contribution in [0.2, 0.25) is 0 Å². The summed E-state index contributed by atoms with van der Waals surface area (Å²) in [5.74, 6) is 4.06. The highest BCUT2D eigenvalue weighted by molar-refractivity contribution is 6.00. The molecule has 2 aromatic rings. The first-order valence-electron chi connectivity index (χ1n) is 10.2. The van der Waals surface area contributed by atoms with Crippen LogP contribution >= 0.6 is 0 Å². The van der Waals surface area contributed by atoms with E-state index in [0.717, 1.165) is 12.2 Å². The van der Waals surface area contributed by atoms with Crippen molar-refractivity contribution in [3.8, 4) is 12.3 Å². The van der Waals surface area contributed by atoms with Crippen molar-refractivity contribution in [2.24, 2.45) is 5.92 Å². The van der Waals surface area contributed by atoms with Crippen molar-refractivity contribution in [3.05, 3.63) is 35.9 Å². The van der Waals surface area contributed by atoms with E-state index in [4.69, 9.17) is 6.42 Å². The van der Waals surface area contributed by atoms with E-state index >= 15 is 0 Å². The molecule has 1 amide bonds. The summed E-state index contributed by atoms with van der Waals surface area (Å²) in [5, 5.41) is 9.53. The normalized spacial score (nSPS) is 14.3. The first kappa shape index (κ1) is 20.6. The third-order valence-electron chi connectivity index (χ3n) is 4.93. The number of carbonyl (C=O) groups is 1. The molecule has 0 saturated heterocycles. The Labute approximate surface area is 172 Å². The van der Waals surface area contributed by atoms with Crippen LogP contribution in [0.25, 0.3) is 0 Å². The van der Waals surface area contributed by atoms with Crippen molar-refractivity contribution in [3.63, 3.8) is 0 Å². The van der Waals surface area contributed by atoms with Crippen molar-refractivity contribution in [1.29, 1.82) is 0 Å². The Morgan fingerprint density at radius 1 is 1.14 bits per heavy atom. The summed E-state index contributed by atoms with van der Waals surface area (Å²) in [6, 6.07) is 1.89. The summed E-state index contributed by atoms with van der Waals surface area (Å²) in [7, 11) is 0. The van der Waals surface area contributed by atoms with E-state index < -0.39 is 0 Å². The van der Waals surface area contributed by atoms with Gasteiger partial charge in [0.15, 0.2) is 0 Å².